The minimum Gasteiger partial charge on any atom is -0.422 e. The first-order valence-electron chi connectivity index (χ1n) is 6.57. The summed E-state index contributed by atoms with van der Waals surface area (Å²) in [6.07, 6.45) is 0. The Labute approximate surface area is 126 Å². The van der Waals surface area contributed by atoms with E-state index in [9.17, 15) is 14.7 Å². The molecule has 0 radical (unpaired) electrons. The van der Waals surface area contributed by atoms with Gasteiger partial charge in [0.2, 0.25) is 0 Å². The maximum absolute atomic E-state index is 12.2. The monoisotopic (exact) mass is 309 g/mol. The second kappa shape index (κ2) is 6.28. The molecule has 1 aromatic heterocycles. The minimum absolute atomic E-state index is 0.0425. The van der Waals surface area contributed by atoms with Gasteiger partial charge in [0, 0.05) is 10.4 Å². The molecule has 0 aliphatic rings. The second-order valence-corrected chi connectivity index (χ2v) is 5.57. The Morgan fingerprint density at radius 3 is 2.71 bits per heavy atom. The Kier molecular flexibility index (Phi) is 4.65. The van der Waals surface area contributed by atoms with E-state index >= 15 is 0 Å². The van der Waals surface area contributed by atoms with Crippen LogP contribution in [0.5, 0.6) is 0 Å². The molecule has 0 aliphatic carbocycles. The fourth-order valence-electron chi connectivity index (χ4n) is 1.92. The fourth-order valence-corrected chi connectivity index (χ4v) is 2.10. The topological polar surface area (TPSA) is 79.5 Å². The zero-order valence-corrected chi connectivity index (χ0v) is 12.5. The zero-order valence-electron chi connectivity index (χ0n) is 11.7. The quantitative estimate of drug-likeness (QED) is 0.849. The lowest BCUT2D eigenvalue weighted by Crippen LogP contribution is -2.42. The highest BCUT2D eigenvalue weighted by molar-refractivity contribution is 6.31. The molecule has 1 aromatic carbocycles. The van der Waals surface area contributed by atoms with E-state index in [4.69, 9.17) is 16.0 Å². The number of aliphatic hydroxyl groups is 1. The zero-order chi connectivity index (χ0) is 15.6. The van der Waals surface area contributed by atoms with Gasteiger partial charge in [0.15, 0.2) is 0 Å². The number of hydrogen-bond donors (Lipinski definition) is 2. The maximum atomic E-state index is 12.2. The van der Waals surface area contributed by atoms with Gasteiger partial charge in [-0.15, -0.1) is 0 Å². The lowest BCUT2D eigenvalue weighted by atomic mass is 10.0. The number of halogens is 1. The summed E-state index contributed by atoms with van der Waals surface area (Å²) < 4.78 is 5.11. The summed E-state index contributed by atoms with van der Waals surface area (Å²) >= 11 is 5.89. The van der Waals surface area contributed by atoms with Crippen LogP contribution in [0.25, 0.3) is 11.0 Å². The van der Waals surface area contributed by atoms with E-state index in [-0.39, 0.29) is 18.1 Å². The molecular formula is C15H16ClNO4. The van der Waals surface area contributed by atoms with E-state index in [1.807, 2.05) is 13.8 Å². The molecule has 0 saturated heterocycles. The van der Waals surface area contributed by atoms with Crippen LogP contribution in [-0.4, -0.2) is 23.7 Å². The first kappa shape index (κ1) is 15.5. The Balaban J connectivity index is 2.39. The van der Waals surface area contributed by atoms with Crippen LogP contribution in [0.15, 0.2) is 33.5 Å². The molecule has 0 spiro atoms. The number of carbonyl (C=O) groups is 1. The van der Waals surface area contributed by atoms with Gasteiger partial charge < -0.3 is 14.8 Å². The summed E-state index contributed by atoms with van der Waals surface area (Å²) in [6.45, 7) is 3.53. The van der Waals surface area contributed by atoms with Gasteiger partial charge in [-0.25, -0.2) is 4.79 Å². The van der Waals surface area contributed by atoms with Crippen LogP contribution in [0.4, 0.5) is 0 Å². The van der Waals surface area contributed by atoms with Crippen molar-refractivity contribution in [3.63, 3.8) is 0 Å². The summed E-state index contributed by atoms with van der Waals surface area (Å²) in [4.78, 5) is 24.0. The summed E-state index contributed by atoms with van der Waals surface area (Å²) in [5, 5.41) is 12.9. The standard InChI is InChI=1S/C15H16ClNO4/c1-8(2)12(7-18)17-14(19)11-6-9-5-10(16)3-4-13(9)21-15(11)20/h3-6,8,12,18H,7H2,1-2H3,(H,17,19)/t12-/m1/s1. The molecule has 0 unspecified atom stereocenters. The molecule has 112 valence electrons. The summed E-state index contributed by atoms with van der Waals surface area (Å²) in [5.74, 6) is -0.528. The average Bonchev–Trinajstić information content (AvgIpc) is 2.43. The molecule has 2 aromatic rings. The first-order valence-corrected chi connectivity index (χ1v) is 6.95. The van der Waals surface area contributed by atoms with Crippen molar-refractivity contribution in [3.8, 4) is 0 Å². The van der Waals surface area contributed by atoms with Crippen molar-refractivity contribution in [2.75, 3.05) is 6.61 Å². The molecule has 5 nitrogen and oxygen atoms in total. The highest BCUT2D eigenvalue weighted by Crippen LogP contribution is 2.18. The third-order valence-electron chi connectivity index (χ3n) is 3.26. The van der Waals surface area contributed by atoms with E-state index < -0.39 is 17.6 Å². The molecule has 2 N–H and O–H groups in total. The van der Waals surface area contributed by atoms with Crippen LogP contribution < -0.4 is 10.9 Å². The second-order valence-electron chi connectivity index (χ2n) is 5.14. The molecule has 21 heavy (non-hydrogen) atoms. The van der Waals surface area contributed by atoms with Crippen molar-refractivity contribution in [1.82, 2.24) is 5.32 Å². The largest absolute Gasteiger partial charge is 0.422 e. The van der Waals surface area contributed by atoms with Crippen molar-refractivity contribution in [3.05, 3.63) is 45.3 Å². The summed E-state index contributed by atoms with van der Waals surface area (Å²) in [5.41, 5.74) is -0.463. The van der Waals surface area contributed by atoms with Gasteiger partial charge in [0.1, 0.15) is 11.1 Å². The van der Waals surface area contributed by atoms with Gasteiger partial charge in [-0.3, -0.25) is 4.79 Å². The molecule has 0 bridgehead atoms. The average molecular weight is 310 g/mol. The number of rotatable bonds is 4. The van der Waals surface area contributed by atoms with E-state index in [0.29, 0.717) is 16.0 Å². The predicted molar refractivity (Wildman–Crippen MR) is 80.7 cm³/mol. The Morgan fingerprint density at radius 2 is 2.10 bits per heavy atom. The number of hydrogen-bond acceptors (Lipinski definition) is 4. The van der Waals surface area contributed by atoms with Crippen molar-refractivity contribution in [1.29, 1.82) is 0 Å². The summed E-state index contributed by atoms with van der Waals surface area (Å²) in [7, 11) is 0. The van der Waals surface area contributed by atoms with Crippen molar-refractivity contribution in [2.24, 2.45) is 5.92 Å². The van der Waals surface area contributed by atoms with Gasteiger partial charge in [0.25, 0.3) is 5.91 Å². The molecule has 1 atom stereocenters. The lowest BCUT2D eigenvalue weighted by Gasteiger charge is -2.19. The van der Waals surface area contributed by atoms with Gasteiger partial charge in [-0.1, -0.05) is 25.4 Å². The van der Waals surface area contributed by atoms with E-state index in [1.165, 1.54) is 6.07 Å². The van der Waals surface area contributed by atoms with Crippen LogP contribution in [0.1, 0.15) is 24.2 Å². The molecule has 0 fully saturated rings. The third-order valence-corrected chi connectivity index (χ3v) is 3.49. The number of aliphatic hydroxyl groups excluding tert-OH is 1. The normalized spacial score (nSPS) is 12.6. The molecule has 1 heterocycles. The lowest BCUT2D eigenvalue weighted by molar-refractivity contribution is 0.0893. The summed E-state index contributed by atoms with van der Waals surface area (Å²) in [6, 6.07) is 5.81. The number of carbonyl (C=O) groups excluding carboxylic acids is 1. The molecule has 0 saturated carbocycles. The first-order chi connectivity index (χ1) is 9.92. The van der Waals surface area contributed by atoms with Crippen molar-refractivity contribution in [2.45, 2.75) is 19.9 Å². The van der Waals surface area contributed by atoms with Gasteiger partial charge in [-0.2, -0.15) is 0 Å². The Morgan fingerprint density at radius 1 is 1.38 bits per heavy atom. The molecular weight excluding hydrogens is 294 g/mol. The van der Waals surface area contributed by atoms with Gasteiger partial charge >= 0.3 is 5.63 Å². The van der Waals surface area contributed by atoms with E-state index in [2.05, 4.69) is 5.32 Å². The van der Waals surface area contributed by atoms with E-state index in [1.54, 1.807) is 18.2 Å². The number of benzene rings is 1. The molecule has 0 aliphatic heterocycles. The van der Waals surface area contributed by atoms with Crippen molar-refractivity contribution < 1.29 is 14.3 Å². The Bertz CT molecular complexity index is 723. The molecule has 1 amide bonds. The highest BCUT2D eigenvalue weighted by atomic mass is 35.5. The number of nitrogens with one attached hydrogen (secondary N) is 1. The Hall–Kier alpha value is -1.85. The number of amides is 1. The minimum atomic E-state index is -0.720. The molecule has 6 heteroatoms. The fraction of sp³-hybridized carbons (Fsp3) is 0.333. The highest BCUT2D eigenvalue weighted by Gasteiger charge is 2.19. The van der Waals surface area contributed by atoms with Crippen LogP contribution in [0, 0.1) is 5.92 Å². The molecule has 2 rings (SSSR count). The predicted octanol–water partition coefficient (Wildman–Crippen LogP) is 2.19. The SMILES string of the molecule is CC(C)[C@@H](CO)NC(=O)c1cc2cc(Cl)ccc2oc1=O. The van der Waals surface area contributed by atoms with Gasteiger partial charge in [0.05, 0.1) is 12.6 Å². The maximum Gasteiger partial charge on any atom is 0.349 e. The van der Waals surface area contributed by atoms with Crippen LogP contribution in [0.3, 0.4) is 0 Å². The van der Waals surface area contributed by atoms with E-state index in [0.717, 1.165) is 0 Å². The number of fused-ring (bicyclic) bond motifs is 1. The van der Waals surface area contributed by atoms with Crippen LogP contribution in [0.2, 0.25) is 5.02 Å². The third kappa shape index (κ3) is 3.43. The van der Waals surface area contributed by atoms with Crippen molar-refractivity contribution >= 4 is 28.5 Å². The van der Waals surface area contributed by atoms with Crippen LogP contribution in [-0.2, 0) is 0 Å². The van der Waals surface area contributed by atoms with Gasteiger partial charge in [-0.05, 0) is 30.2 Å². The smallest absolute Gasteiger partial charge is 0.349 e. The van der Waals surface area contributed by atoms with Crippen LogP contribution >= 0.6 is 11.6 Å².